The van der Waals surface area contributed by atoms with Crippen molar-refractivity contribution in [3.8, 4) is 17.2 Å². The maximum Gasteiger partial charge on any atom is 0.337 e. The highest BCUT2D eigenvalue weighted by atomic mass is 32.1. The van der Waals surface area contributed by atoms with Crippen molar-refractivity contribution >= 4 is 52.7 Å². The highest BCUT2D eigenvalue weighted by molar-refractivity contribution is 7.12. The first-order chi connectivity index (χ1) is 24.2. The molecule has 0 spiro atoms. The molecule has 0 N–H and O–H groups in total. The Morgan fingerprint density at radius 3 is 1.98 bits per heavy atom. The molecule has 0 aliphatic heterocycles. The zero-order valence-corrected chi connectivity index (χ0v) is 28.8. The van der Waals surface area contributed by atoms with Gasteiger partial charge < -0.3 is 23.8 Å². The van der Waals surface area contributed by atoms with Gasteiger partial charge in [-0.1, -0.05) is 6.07 Å². The molecular weight excluding hydrogens is 658 g/mol. The van der Waals surface area contributed by atoms with Gasteiger partial charge in [0.15, 0.2) is 5.78 Å². The van der Waals surface area contributed by atoms with E-state index in [2.05, 4.69) is 0 Å². The lowest BCUT2D eigenvalue weighted by Crippen LogP contribution is -2.31. The van der Waals surface area contributed by atoms with Crippen LogP contribution in [-0.2, 0) is 14.3 Å². The Bertz CT molecular complexity index is 1860. The summed E-state index contributed by atoms with van der Waals surface area (Å²) in [5.74, 6) is -1.19. The lowest BCUT2D eigenvalue weighted by atomic mass is 9.82. The number of rotatable bonds is 12. The molecule has 1 aliphatic rings. The van der Waals surface area contributed by atoms with Gasteiger partial charge in [0.1, 0.15) is 17.2 Å². The molecule has 5 rings (SSSR count). The average Bonchev–Trinajstić information content (AvgIpc) is 3.70. The largest absolute Gasteiger partial charge is 0.497 e. The van der Waals surface area contributed by atoms with Gasteiger partial charge in [0.05, 0.1) is 36.5 Å². The number of carbonyl (C=O) groups excluding carboxylic acids is 5. The number of ether oxygens (including phenoxy) is 4. The van der Waals surface area contributed by atoms with E-state index >= 15 is 0 Å². The van der Waals surface area contributed by atoms with Crippen molar-refractivity contribution in [3.05, 3.63) is 112 Å². The Kier molecular flexibility index (Phi) is 11.9. The fourth-order valence-electron chi connectivity index (χ4n) is 5.66. The Morgan fingerprint density at radius 2 is 1.40 bits per heavy atom. The summed E-state index contributed by atoms with van der Waals surface area (Å²) < 4.78 is 21.5. The summed E-state index contributed by atoms with van der Waals surface area (Å²) in [5.41, 5.74) is 1.92. The Labute approximate surface area is 294 Å². The number of esters is 3. The monoisotopic (exact) mass is 695 g/mol. The Morgan fingerprint density at radius 1 is 0.780 bits per heavy atom. The summed E-state index contributed by atoms with van der Waals surface area (Å²) in [6, 6.07) is 21.5. The maximum atomic E-state index is 13.2. The van der Waals surface area contributed by atoms with E-state index in [0.29, 0.717) is 76.7 Å². The second-order valence-electron chi connectivity index (χ2n) is 11.6. The lowest BCUT2D eigenvalue weighted by molar-refractivity contribution is -0.145. The van der Waals surface area contributed by atoms with Gasteiger partial charge >= 0.3 is 17.9 Å². The summed E-state index contributed by atoms with van der Waals surface area (Å²) in [4.78, 5) is 65.8. The fraction of sp³-hybridized carbons (Fsp3) is 0.256. The van der Waals surface area contributed by atoms with Gasteiger partial charge in [-0.05, 0) is 123 Å². The van der Waals surface area contributed by atoms with Crippen LogP contribution in [-0.4, -0.2) is 50.4 Å². The first-order valence-electron chi connectivity index (χ1n) is 16.2. The van der Waals surface area contributed by atoms with Crippen LogP contribution in [0.25, 0.3) is 6.08 Å². The van der Waals surface area contributed by atoms with Gasteiger partial charge in [-0.2, -0.15) is 0 Å². The van der Waals surface area contributed by atoms with Gasteiger partial charge in [-0.25, -0.2) is 4.79 Å². The minimum absolute atomic E-state index is 0.153. The summed E-state index contributed by atoms with van der Waals surface area (Å²) in [7, 11) is 2.83. The van der Waals surface area contributed by atoms with Gasteiger partial charge in [-0.3, -0.25) is 19.2 Å². The number of nitrogens with zero attached hydrogens (tertiary/aromatic N) is 1. The van der Waals surface area contributed by atoms with Gasteiger partial charge in [0.2, 0.25) is 0 Å². The third kappa shape index (κ3) is 8.72. The van der Waals surface area contributed by atoms with Crippen molar-refractivity contribution in [2.75, 3.05) is 25.7 Å². The standard InChI is InChI=1S/C39H37NO9S/c1-4-40(36(42)25-7-9-26(10-8-25)37(43)47-3)30-16-18-31(19-17-30)48-38(44)27-11-13-28(14-12-27)39(45)49-34-22-20-32(46-2)24-29(34)15-21-33(41)35-6-5-23-50-35/h5-10,15-24,27-28H,4,11-14H2,1-3H3/b21-15+. The molecule has 0 radical (unpaired) electrons. The van der Waals surface area contributed by atoms with E-state index in [4.69, 9.17) is 18.9 Å². The van der Waals surface area contributed by atoms with E-state index in [1.54, 1.807) is 89.8 Å². The molecule has 0 unspecified atom stereocenters. The number of benzene rings is 3. The molecule has 0 saturated heterocycles. The van der Waals surface area contributed by atoms with Crippen molar-refractivity contribution in [2.24, 2.45) is 11.8 Å². The molecule has 3 aromatic carbocycles. The minimum Gasteiger partial charge on any atom is -0.497 e. The zero-order chi connectivity index (χ0) is 35.6. The number of carbonyl (C=O) groups is 5. The number of ketones is 1. The van der Waals surface area contributed by atoms with E-state index in [9.17, 15) is 24.0 Å². The normalized spacial score (nSPS) is 15.6. The number of hydrogen-bond acceptors (Lipinski definition) is 10. The maximum absolute atomic E-state index is 13.2. The highest BCUT2D eigenvalue weighted by Gasteiger charge is 2.32. The smallest absolute Gasteiger partial charge is 0.337 e. The number of anilines is 1. The topological polar surface area (TPSA) is 126 Å². The van der Waals surface area contributed by atoms with Crippen LogP contribution in [0.5, 0.6) is 17.2 Å². The second kappa shape index (κ2) is 16.7. The van der Waals surface area contributed by atoms with Crippen LogP contribution in [0.1, 0.15) is 68.6 Å². The molecule has 11 heteroatoms. The van der Waals surface area contributed by atoms with Crippen LogP contribution in [0.15, 0.2) is 90.3 Å². The Hall–Kier alpha value is -5.55. The van der Waals surface area contributed by atoms with E-state index in [0.717, 1.165) is 0 Å². The molecule has 10 nitrogen and oxygen atoms in total. The predicted octanol–water partition coefficient (Wildman–Crippen LogP) is 7.42. The molecule has 50 heavy (non-hydrogen) atoms. The van der Waals surface area contributed by atoms with E-state index < -0.39 is 11.9 Å². The third-order valence-corrected chi connectivity index (χ3v) is 9.37. The molecule has 1 aromatic heterocycles. The number of amides is 1. The molecular formula is C39H37NO9S. The number of methoxy groups -OCH3 is 2. The van der Waals surface area contributed by atoms with Crippen molar-refractivity contribution in [1.82, 2.24) is 0 Å². The van der Waals surface area contributed by atoms with Crippen LogP contribution >= 0.6 is 11.3 Å². The van der Waals surface area contributed by atoms with E-state index in [1.807, 2.05) is 12.3 Å². The van der Waals surface area contributed by atoms with Gasteiger partial charge in [-0.15, -0.1) is 11.3 Å². The third-order valence-electron chi connectivity index (χ3n) is 8.48. The SMILES string of the molecule is CCN(C(=O)c1ccc(C(=O)OC)cc1)c1ccc(OC(=O)C2CCC(C(=O)Oc3ccc(OC)cc3/C=C/C(=O)c3cccs3)CC2)cc1. The predicted molar refractivity (Wildman–Crippen MR) is 189 cm³/mol. The second-order valence-corrected chi connectivity index (χ2v) is 12.5. The molecule has 1 aliphatic carbocycles. The summed E-state index contributed by atoms with van der Waals surface area (Å²) in [5, 5.41) is 1.83. The van der Waals surface area contributed by atoms with Crippen LogP contribution < -0.4 is 19.1 Å². The van der Waals surface area contributed by atoms with E-state index in [-0.39, 0.29) is 29.5 Å². The molecule has 1 fully saturated rings. The molecule has 0 bridgehead atoms. The van der Waals surface area contributed by atoms with Crippen molar-refractivity contribution in [1.29, 1.82) is 0 Å². The summed E-state index contributed by atoms with van der Waals surface area (Å²) in [6.07, 6.45) is 4.91. The first kappa shape index (κ1) is 35.7. The Balaban J connectivity index is 1.14. The van der Waals surface area contributed by atoms with E-state index in [1.165, 1.54) is 31.6 Å². The summed E-state index contributed by atoms with van der Waals surface area (Å²) in [6.45, 7) is 2.25. The van der Waals surface area contributed by atoms with Crippen LogP contribution in [0, 0.1) is 11.8 Å². The molecule has 1 saturated carbocycles. The van der Waals surface area contributed by atoms with Crippen LogP contribution in [0.4, 0.5) is 5.69 Å². The number of allylic oxidation sites excluding steroid dienone is 1. The van der Waals surface area contributed by atoms with Gasteiger partial charge in [0, 0.05) is 23.4 Å². The molecule has 1 amide bonds. The molecule has 258 valence electrons. The first-order valence-corrected chi connectivity index (χ1v) is 17.1. The fourth-order valence-corrected chi connectivity index (χ4v) is 6.30. The molecule has 4 aromatic rings. The number of thiophene rings is 1. The average molecular weight is 696 g/mol. The molecule has 0 atom stereocenters. The quantitative estimate of drug-likeness (QED) is 0.0644. The van der Waals surface area contributed by atoms with Crippen molar-refractivity contribution in [2.45, 2.75) is 32.6 Å². The van der Waals surface area contributed by atoms with Crippen molar-refractivity contribution < 1.29 is 42.9 Å². The van der Waals surface area contributed by atoms with Crippen LogP contribution in [0.2, 0.25) is 0 Å². The van der Waals surface area contributed by atoms with Crippen LogP contribution in [0.3, 0.4) is 0 Å². The zero-order valence-electron chi connectivity index (χ0n) is 28.0. The summed E-state index contributed by atoms with van der Waals surface area (Å²) >= 11 is 1.35. The minimum atomic E-state index is -0.481. The molecule has 1 heterocycles. The lowest BCUT2D eigenvalue weighted by Gasteiger charge is -2.26. The van der Waals surface area contributed by atoms with Crippen molar-refractivity contribution in [3.63, 3.8) is 0 Å². The number of hydrogen-bond donors (Lipinski definition) is 0. The highest BCUT2D eigenvalue weighted by Crippen LogP contribution is 2.33. The van der Waals surface area contributed by atoms with Gasteiger partial charge in [0.25, 0.3) is 5.91 Å².